The lowest BCUT2D eigenvalue weighted by molar-refractivity contribution is 0.390. The van der Waals surface area contributed by atoms with Crippen molar-refractivity contribution in [3.05, 3.63) is 0 Å². The van der Waals surface area contributed by atoms with Crippen molar-refractivity contribution < 1.29 is 0 Å². The Morgan fingerprint density at radius 1 is 0.667 bits per heavy atom. The van der Waals surface area contributed by atoms with Crippen LogP contribution < -0.4 is 5.32 Å². The molecule has 0 bridgehead atoms. The van der Waals surface area contributed by atoms with Gasteiger partial charge in [0.25, 0.3) is 0 Å². The summed E-state index contributed by atoms with van der Waals surface area (Å²) in [6.07, 6.45) is 18.6. The van der Waals surface area contributed by atoms with Gasteiger partial charge in [-0.15, -0.1) is 0 Å². The predicted octanol–water partition coefficient (Wildman–Crippen LogP) is 6.71. The van der Waals surface area contributed by atoms with Gasteiger partial charge in [0, 0.05) is 6.04 Å². The van der Waals surface area contributed by atoms with Crippen molar-refractivity contribution >= 4 is 0 Å². The molecule has 0 aliphatic rings. The fraction of sp³-hybridized carbons (Fsp3) is 1.00. The van der Waals surface area contributed by atoms with Gasteiger partial charge >= 0.3 is 0 Å². The lowest BCUT2D eigenvalue weighted by atomic mass is 9.98. The van der Waals surface area contributed by atoms with Crippen molar-refractivity contribution in [1.29, 1.82) is 0 Å². The van der Waals surface area contributed by atoms with E-state index in [9.17, 15) is 0 Å². The van der Waals surface area contributed by atoms with Gasteiger partial charge in [-0.1, -0.05) is 98.3 Å². The van der Waals surface area contributed by atoms with E-state index in [-0.39, 0.29) is 0 Å². The third-order valence-corrected chi connectivity index (χ3v) is 4.40. The normalized spacial score (nSPS) is 13.0. The second-order valence-corrected chi connectivity index (χ2v) is 7.21. The van der Waals surface area contributed by atoms with E-state index in [0.717, 1.165) is 18.5 Å². The summed E-state index contributed by atoms with van der Waals surface area (Å²) in [5.74, 6) is 0.821. The first kappa shape index (κ1) is 21.0. The van der Waals surface area contributed by atoms with E-state index in [0.29, 0.717) is 0 Å². The van der Waals surface area contributed by atoms with Gasteiger partial charge < -0.3 is 5.32 Å². The van der Waals surface area contributed by atoms with E-state index in [1.54, 1.807) is 0 Å². The van der Waals surface area contributed by atoms with Crippen molar-refractivity contribution in [1.82, 2.24) is 5.32 Å². The first-order valence-electron chi connectivity index (χ1n) is 9.94. The molecule has 0 heterocycles. The summed E-state index contributed by atoms with van der Waals surface area (Å²) in [7, 11) is 0. The molecule has 1 heteroatoms. The molecule has 0 spiro atoms. The molecule has 1 unspecified atom stereocenters. The monoisotopic (exact) mass is 297 g/mol. The number of nitrogens with one attached hydrogen (secondary N) is 1. The molecule has 0 rings (SSSR count). The SMILES string of the molecule is CCCCCCCCCCCCCC(CC(C)C)NCC. The van der Waals surface area contributed by atoms with Crippen LogP contribution in [0.1, 0.15) is 111 Å². The predicted molar refractivity (Wildman–Crippen MR) is 98.0 cm³/mol. The van der Waals surface area contributed by atoms with E-state index >= 15 is 0 Å². The molecule has 1 nitrogen and oxygen atoms in total. The molecule has 1 atom stereocenters. The molecule has 0 saturated carbocycles. The molecule has 0 fully saturated rings. The van der Waals surface area contributed by atoms with Crippen LogP contribution in [0.3, 0.4) is 0 Å². The molecule has 0 radical (unpaired) electrons. The Morgan fingerprint density at radius 3 is 1.57 bits per heavy atom. The Labute approximate surface area is 135 Å². The molecule has 0 aromatic heterocycles. The van der Waals surface area contributed by atoms with Crippen molar-refractivity contribution in [3.8, 4) is 0 Å². The topological polar surface area (TPSA) is 12.0 Å². The molecule has 0 amide bonds. The maximum Gasteiger partial charge on any atom is 0.00693 e. The summed E-state index contributed by atoms with van der Waals surface area (Å²) in [5.41, 5.74) is 0. The molecule has 0 aliphatic heterocycles. The quantitative estimate of drug-likeness (QED) is 0.312. The van der Waals surface area contributed by atoms with Crippen LogP contribution in [0.25, 0.3) is 0 Å². The zero-order chi connectivity index (χ0) is 15.8. The van der Waals surface area contributed by atoms with Crippen LogP contribution >= 0.6 is 0 Å². The maximum absolute atomic E-state index is 3.65. The lowest BCUT2D eigenvalue weighted by Crippen LogP contribution is -2.30. The summed E-state index contributed by atoms with van der Waals surface area (Å²) in [5, 5.41) is 3.65. The molecule has 0 aliphatic carbocycles. The van der Waals surface area contributed by atoms with Gasteiger partial charge in [-0.3, -0.25) is 0 Å². The van der Waals surface area contributed by atoms with Crippen molar-refractivity contribution in [2.24, 2.45) is 5.92 Å². The number of hydrogen-bond donors (Lipinski definition) is 1. The van der Waals surface area contributed by atoms with Crippen LogP contribution in [-0.4, -0.2) is 12.6 Å². The lowest BCUT2D eigenvalue weighted by Gasteiger charge is -2.19. The zero-order valence-electron chi connectivity index (χ0n) is 15.6. The number of rotatable bonds is 16. The highest BCUT2D eigenvalue weighted by molar-refractivity contribution is 4.68. The highest BCUT2D eigenvalue weighted by Gasteiger charge is 2.08. The zero-order valence-corrected chi connectivity index (χ0v) is 15.6. The standard InChI is InChI=1S/C20H43N/c1-5-7-8-9-10-11-12-13-14-15-16-17-20(21-6-2)18-19(3)4/h19-21H,5-18H2,1-4H3. The smallest absolute Gasteiger partial charge is 0.00693 e. The molecule has 0 saturated heterocycles. The van der Waals surface area contributed by atoms with E-state index < -0.39 is 0 Å². The van der Waals surface area contributed by atoms with Crippen molar-refractivity contribution in [3.63, 3.8) is 0 Å². The Bertz CT molecular complexity index is 188. The Balaban J connectivity index is 3.29. The molecule has 0 aromatic carbocycles. The average molecular weight is 298 g/mol. The van der Waals surface area contributed by atoms with Crippen LogP contribution in [-0.2, 0) is 0 Å². The minimum absolute atomic E-state index is 0.758. The molecule has 0 aromatic rings. The summed E-state index contributed by atoms with van der Waals surface area (Å²) in [6, 6.07) is 0.758. The van der Waals surface area contributed by atoms with Gasteiger partial charge in [0.2, 0.25) is 0 Å². The van der Waals surface area contributed by atoms with Gasteiger partial charge in [-0.05, 0) is 25.3 Å². The first-order valence-corrected chi connectivity index (χ1v) is 9.94. The molecule has 128 valence electrons. The average Bonchev–Trinajstić information content (AvgIpc) is 2.44. The molecular formula is C20H43N. The van der Waals surface area contributed by atoms with Crippen LogP contribution in [0, 0.1) is 5.92 Å². The molecule has 1 N–H and O–H groups in total. The molecular weight excluding hydrogens is 254 g/mol. The van der Waals surface area contributed by atoms with Gasteiger partial charge in [-0.2, -0.15) is 0 Å². The van der Waals surface area contributed by atoms with Crippen LogP contribution in [0.15, 0.2) is 0 Å². The minimum Gasteiger partial charge on any atom is -0.314 e. The largest absolute Gasteiger partial charge is 0.314 e. The fourth-order valence-electron chi connectivity index (χ4n) is 3.22. The summed E-state index contributed by atoms with van der Waals surface area (Å²) >= 11 is 0. The Kier molecular flexibility index (Phi) is 16.3. The summed E-state index contributed by atoms with van der Waals surface area (Å²) in [4.78, 5) is 0. The van der Waals surface area contributed by atoms with E-state index in [1.807, 2.05) is 0 Å². The van der Waals surface area contributed by atoms with Gasteiger partial charge in [-0.25, -0.2) is 0 Å². The minimum atomic E-state index is 0.758. The van der Waals surface area contributed by atoms with Gasteiger partial charge in [0.05, 0.1) is 0 Å². The van der Waals surface area contributed by atoms with Gasteiger partial charge in [0.15, 0.2) is 0 Å². The number of hydrogen-bond acceptors (Lipinski definition) is 1. The second kappa shape index (κ2) is 16.3. The highest BCUT2D eigenvalue weighted by atomic mass is 14.9. The third-order valence-electron chi connectivity index (χ3n) is 4.40. The van der Waals surface area contributed by atoms with E-state index in [2.05, 4.69) is 33.0 Å². The highest BCUT2D eigenvalue weighted by Crippen LogP contribution is 2.15. The van der Waals surface area contributed by atoms with E-state index in [4.69, 9.17) is 0 Å². The van der Waals surface area contributed by atoms with E-state index in [1.165, 1.54) is 83.5 Å². The van der Waals surface area contributed by atoms with Crippen molar-refractivity contribution in [2.75, 3.05) is 6.54 Å². The van der Waals surface area contributed by atoms with Crippen LogP contribution in [0.5, 0.6) is 0 Å². The molecule has 21 heavy (non-hydrogen) atoms. The second-order valence-electron chi connectivity index (χ2n) is 7.21. The Morgan fingerprint density at radius 2 is 1.14 bits per heavy atom. The summed E-state index contributed by atoms with van der Waals surface area (Å²) < 4.78 is 0. The Hall–Kier alpha value is -0.0400. The first-order chi connectivity index (χ1) is 10.2. The van der Waals surface area contributed by atoms with Crippen molar-refractivity contribution in [2.45, 2.75) is 117 Å². The third kappa shape index (κ3) is 16.2. The fourth-order valence-corrected chi connectivity index (χ4v) is 3.22. The number of unbranched alkanes of at least 4 members (excludes halogenated alkanes) is 10. The maximum atomic E-state index is 3.65. The van der Waals surface area contributed by atoms with Gasteiger partial charge in [0.1, 0.15) is 0 Å². The summed E-state index contributed by atoms with van der Waals surface area (Å²) in [6.45, 7) is 10.3. The van der Waals surface area contributed by atoms with Crippen LogP contribution in [0.2, 0.25) is 0 Å². The van der Waals surface area contributed by atoms with Crippen LogP contribution in [0.4, 0.5) is 0 Å².